The molecule has 1 atom stereocenters. The summed E-state index contributed by atoms with van der Waals surface area (Å²) in [6.07, 6.45) is 5.42. The average Bonchev–Trinajstić information content (AvgIpc) is 2.05. The molecular weight excluding hydrogens is 186 g/mol. The zero-order valence-electron chi connectivity index (χ0n) is 8.43. The van der Waals surface area contributed by atoms with Gasteiger partial charge in [-0.3, -0.25) is 0 Å². The van der Waals surface area contributed by atoms with Gasteiger partial charge in [0.2, 0.25) is 0 Å². The predicted molar refractivity (Wildman–Crippen MR) is 51.3 cm³/mol. The molecule has 0 aromatic carbocycles. The monoisotopic (exact) mass is 202 g/mol. The fourth-order valence-electron chi connectivity index (χ4n) is 1.81. The fourth-order valence-corrected chi connectivity index (χ4v) is 1.81. The van der Waals surface area contributed by atoms with E-state index in [1.807, 2.05) is 0 Å². The van der Waals surface area contributed by atoms with Crippen molar-refractivity contribution in [1.29, 1.82) is 0 Å². The maximum absolute atomic E-state index is 13.4. The van der Waals surface area contributed by atoms with Crippen LogP contribution in [0.1, 0.15) is 39.0 Å². The Morgan fingerprint density at radius 2 is 2.21 bits per heavy atom. The average molecular weight is 202 g/mol. The van der Waals surface area contributed by atoms with Crippen LogP contribution in [0.3, 0.4) is 0 Å². The molecule has 1 nitrogen and oxygen atoms in total. The van der Waals surface area contributed by atoms with Crippen LogP contribution in [0.4, 0.5) is 8.78 Å². The summed E-state index contributed by atoms with van der Waals surface area (Å²) in [7, 11) is 0. The van der Waals surface area contributed by atoms with Crippen LogP contribution < -0.4 is 0 Å². The number of alkyl halides is 2. The normalized spacial score (nSPS) is 28.9. The smallest absolute Gasteiger partial charge is 0.269 e. The van der Waals surface area contributed by atoms with Crippen LogP contribution in [-0.2, 0) is 4.79 Å². The van der Waals surface area contributed by atoms with Crippen LogP contribution in [0.5, 0.6) is 0 Å². The first-order chi connectivity index (χ1) is 6.52. The number of carbonyl (C=O) groups excluding carboxylic acids is 1. The molecule has 0 aromatic heterocycles. The van der Waals surface area contributed by atoms with Crippen LogP contribution in [-0.4, -0.2) is 11.7 Å². The molecule has 3 heteroatoms. The van der Waals surface area contributed by atoms with Gasteiger partial charge in [0, 0.05) is 12.3 Å². The Kier molecular flexibility index (Phi) is 3.78. The van der Waals surface area contributed by atoms with Crippen LogP contribution in [0.25, 0.3) is 0 Å². The summed E-state index contributed by atoms with van der Waals surface area (Å²) in [4.78, 5) is 10.8. The summed E-state index contributed by atoms with van der Waals surface area (Å²) in [5, 5.41) is 0. The minimum absolute atomic E-state index is 0.00264. The summed E-state index contributed by atoms with van der Waals surface area (Å²) in [5.41, 5.74) is 0. The Labute approximate surface area is 83.2 Å². The SMILES string of the molecule is CC(=O)CC1CCCC/C=C\C1(F)F. The highest BCUT2D eigenvalue weighted by Gasteiger charge is 2.37. The van der Waals surface area contributed by atoms with Crippen molar-refractivity contribution in [1.82, 2.24) is 0 Å². The molecule has 0 saturated carbocycles. The van der Waals surface area contributed by atoms with E-state index in [1.54, 1.807) is 0 Å². The van der Waals surface area contributed by atoms with E-state index in [4.69, 9.17) is 0 Å². The second-order valence-electron chi connectivity index (χ2n) is 3.96. The van der Waals surface area contributed by atoms with Gasteiger partial charge >= 0.3 is 0 Å². The van der Waals surface area contributed by atoms with E-state index in [0.717, 1.165) is 25.3 Å². The van der Waals surface area contributed by atoms with E-state index in [9.17, 15) is 13.6 Å². The van der Waals surface area contributed by atoms with E-state index >= 15 is 0 Å². The van der Waals surface area contributed by atoms with Crippen molar-refractivity contribution in [2.75, 3.05) is 0 Å². The van der Waals surface area contributed by atoms with Crippen molar-refractivity contribution in [3.8, 4) is 0 Å². The summed E-state index contributed by atoms with van der Waals surface area (Å²) in [5.74, 6) is -3.74. The third kappa shape index (κ3) is 3.20. The predicted octanol–water partition coefficient (Wildman–Crippen LogP) is 3.35. The molecule has 1 rings (SSSR count). The van der Waals surface area contributed by atoms with Crippen molar-refractivity contribution in [2.45, 2.75) is 45.0 Å². The van der Waals surface area contributed by atoms with Crippen LogP contribution >= 0.6 is 0 Å². The zero-order valence-corrected chi connectivity index (χ0v) is 8.43. The minimum Gasteiger partial charge on any atom is -0.300 e. The lowest BCUT2D eigenvalue weighted by molar-refractivity contribution is -0.121. The first kappa shape index (κ1) is 11.3. The largest absolute Gasteiger partial charge is 0.300 e. The van der Waals surface area contributed by atoms with Crippen LogP contribution in [0.15, 0.2) is 12.2 Å². The lowest BCUT2D eigenvalue weighted by Gasteiger charge is -2.24. The second-order valence-corrected chi connectivity index (χ2v) is 3.96. The maximum Gasteiger partial charge on any atom is 0.269 e. The van der Waals surface area contributed by atoms with Crippen molar-refractivity contribution in [2.24, 2.45) is 5.92 Å². The lowest BCUT2D eigenvalue weighted by atomic mass is 9.88. The number of hydrogen-bond donors (Lipinski definition) is 0. The van der Waals surface area contributed by atoms with Crippen molar-refractivity contribution in [3.05, 3.63) is 12.2 Å². The molecule has 80 valence electrons. The molecule has 0 amide bonds. The molecule has 14 heavy (non-hydrogen) atoms. The standard InChI is InChI=1S/C11H16F2O/c1-9(14)8-10-6-4-2-3-5-7-11(10,12)13/h5,7,10H,2-4,6,8H2,1H3/b7-5-. The third-order valence-electron chi connectivity index (χ3n) is 2.59. The van der Waals surface area contributed by atoms with Crippen LogP contribution in [0, 0.1) is 5.92 Å². The van der Waals surface area contributed by atoms with Gasteiger partial charge in [-0.2, -0.15) is 0 Å². The number of allylic oxidation sites excluding steroid dienone is 2. The first-order valence-corrected chi connectivity index (χ1v) is 5.07. The van der Waals surface area contributed by atoms with E-state index in [0.29, 0.717) is 6.42 Å². The number of ketones is 1. The summed E-state index contributed by atoms with van der Waals surface area (Å²) in [6.45, 7) is 1.37. The van der Waals surface area contributed by atoms with Crippen molar-refractivity contribution < 1.29 is 13.6 Å². The van der Waals surface area contributed by atoms with Crippen molar-refractivity contribution >= 4 is 5.78 Å². The molecule has 0 radical (unpaired) electrons. The summed E-state index contributed by atoms with van der Waals surface area (Å²) in [6, 6.07) is 0. The van der Waals surface area contributed by atoms with E-state index < -0.39 is 11.8 Å². The molecule has 0 spiro atoms. The molecular formula is C11H16F2O. The maximum atomic E-state index is 13.4. The highest BCUT2D eigenvalue weighted by molar-refractivity contribution is 5.75. The van der Waals surface area contributed by atoms with Crippen molar-refractivity contribution in [3.63, 3.8) is 0 Å². The van der Waals surface area contributed by atoms with Gasteiger partial charge in [0.25, 0.3) is 5.92 Å². The van der Waals surface area contributed by atoms with Gasteiger partial charge in [-0.05, 0) is 32.3 Å². The molecule has 1 aliphatic carbocycles. The molecule has 0 N–H and O–H groups in total. The summed E-state index contributed by atoms with van der Waals surface area (Å²) >= 11 is 0. The second kappa shape index (κ2) is 4.67. The van der Waals surface area contributed by atoms with Gasteiger partial charge in [-0.15, -0.1) is 0 Å². The number of rotatable bonds is 2. The molecule has 0 aromatic rings. The molecule has 0 saturated heterocycles. The Balaban J connectivity index is 2.71. The number of halogens is 2. The number of Topliss-reactive ketones (excluding diaryl/α,β-unsaturated/α-hetero) is 1. The minimum atomic E-state index is -2.80. The topological polar surface area (TPSA) is 17.1 Å². The van der Waals surface area contributed by atoms with Gasteiger partial charge in [-0.25, -0.2) is 8.78 Å². The quantitative estimate of drug-likeness (QED) is 0.627. The van der Waals surface area contributed by atoms with Crippen LogP contribution in [0.2, 0.25) is 0 Å². The Morgan fingerprint density at radius 1 is 1.50 bits per heavy atom. The Hall–Kier alpha value is -0.730. The molecule has 0 bridgehead atoms. The number of carbonyl (C=O) groups is 1. The zero-order chi connectivity index (χ0) is 10.6. The molecule has 1 unspecified atom stereocenters. The highest BCUT2D eigenvalue weighted by Crippen LogP contribution is 2.34. The molecule has 0 aliphatic heterocycles. The third-order valence-corrected chi connectivity index (χ3v) is 2.59. The van der Waals surface area contributed by atoms with E-state index in [-0.39, 0.29) is 12.2 Å². The Morgan fingerprint density at radius 3 is 2.86 bits per heavy atom. The molecule has 1 aliphatic rings. The van der Waals surface area contributed by atoms with Gasteiger partial charge < -0.3 is 4.79 Å². The highest BCUT2D eigenvalue weighted by atomic mass is 19.3. The van der Waals surface area contributed by atoms with Gasteiger partial charge in [0.1, 0.15) is 5.78 Å². The van der Waals surface area contributed by atoms with Gasteiger partial charge in [0.15, 0.2) is 0 Å². The first-order valence-electron chi connectivity index (χ1n) is 5.07. The van der Waals surface area contributed by atoms with Gasteiger partial charge in [-0.1, -0.05) is 12.5 Å². The Bertz CT molecular complexity index is 233. The lowest BCUT2D eigenvalue weighted by Crippen LogP contribution is -2.28. The number of hydrogen-bond acceptors (Lipinski definition) is 1. The molecule has 0 heterocycles. The van der Waals surface area contributed by atoms with Gasteiger partial charge in [0.05, 0.1) is 0 Å². The fraction of sp³-hybridized carbons (Fsp3) is 0.727. The molecule has 0 fully saturated rings. The summed E-state index contributed by atoms with van der Waals surface area (Å²) < 4.78 is 26.9. The van der Waals surface area contributed by atoms with E-state index in [1.165, 1.54) is 13.0 Å². The van der Waals surface area contributed by atoms with E-state index in [2.05, 4.69) is 0 Å².